The lowest BCUT2D eigenvalue weighted by Crippen LogP contribution is -2.29. The van der Waals surface area contributed by atoms with E-state index in [9.17, 15) is 13.2 Å². The highest BCUT2D eigenvalue weighted by Crippen LogP contribution is 2.08. The van der Waals surface area contributed by atoms with Crippen LogP contribution in [0.5, 0.6) is 0 Å². The summed E-state index contributed by atoms with van der Waals surface area (Å²) in [5.41, 5.74) is 6.08. The molecule has 9 heteroatoms. The lowest BCUT2D eigenvalue weighted by Gasteiger charge is -2.05. The third-order valence-corrected chi connectivity index (χ3v) is 2.93. The molecule has 1 amide bonds. The van der Waals surface area contributed by atoms with Crippen molar-refractivity contribution >= 4 is 21.6 Å². The Morgan fingerprint density at radius 1 is 1.59 bits per heavy atom. The van der Waals surface area contributed by atoms with Crippen molar-refractivity contribution in [2.24, 2.45) is 12.2 Å². The Kier molecular flexibility index (Phi) is 4.07. The summed E-state index contributed by atoms with van der Waals surface area (Å²) < 4.78 is 22.6. The van der Waals surface area contributed by atoms with Gasteiger partial charge in [0.05, 0.1) is 17.6 Å². The molecule has 0 fully saturated rings. The summed E-state index contributed by atoms with van der Waals surface area (Å²) in [4.78, 5) is 11.6. The number of aromatic nitrogens is 2. The molecule has 0 radical (unpaired) electrons. The summed E-state index contributed by atoms with van der Waals surface area (Å²) in [6.45, 7) is 0.208. The molecule has 0 aliphatic rings. The number of carbonyl (C=O) groups is 1. The van der Waals surface area contributed by atoms with Crippen LogP contribution in [0, 0.1) is 0 Å². The summed E-state index contributed by atoms with van der Waals surface area (Å²) in [6.07, 6.45) is 1.63. The number of anilines is 1. The molecule has 0 saturated carbocycles. The first-order chi connectivity index (χ1) is 7.81. The standard InChI is InChI=1S/C8H15N5O3S/c1-13-7(6(9)5-12-13)8(14)11-3-2-4-17(10,15)16/h5H,2-4,9H2,1H3,(H,11,14)(H2,10,15,16). The summed E-state index contributed by atoms with van der Waals surface area (Å²) in [7, 11) is -1.89. The van der Waals surface area contributed by atoms with Crippen LogP contribution < -0.4 is 16.2 Å². The van der Waals surface area contributed by atoms with E-state index in [1.165, 1.54) is 10.9 Å². The monoisotopic (exact) mass is 261 g/mol. The van der Waals surface area contributed by atoms with Crippen LogP contribution in [-0.4, -0.2) is 36.4 Å². The number of hydrogen-bond acceptors (Lipinski definition) is 5. The first kappa shape index (κ1) is 13.5. The summed E-state index contributed by atoms with van der Waals surface area (Å²) in [5.74, 6) is -0.564. The van der Waals surface area contributed by atoms with E-state index in [2.05, 4.69) is 10.4 Å². The first-order valence-electron chi connectivity index (χ1n) is 4.87. The number of aryl methyl sites for hydroxylation is 1. The molecule has 1 aromatic heterocycles. The number of nitrogens with zero attached hydrogens (tertiary/aromatic N) is 2. The molecule has 0 aliphatic heterocycles. The van der Waals surface area contributed by atoms with Crippen molar-refractivity contribution in [2.75, 3.05) is 18.0 Å². The van der Waals surface area contributed by atoms with E-state index < -0.39 is 15.9 Å². The molecule has 0 unspecified atom stereocenters. The van der Waals surface area contributed by atoms with Crippen LogP contribution in [0.25, 0.3) is 0 Å². The number of nitrogen functional groups attached to an aromatic ring is 1. The maximum absolute atomic E-state index is 11.6. The molecule has 1 aromatic rings. The van der Waals surface area contributed by atoms with E-state index in [-0.39, 0.29) is 30.1 Å². The van der Waals surface area contributed by atoms with Gasteiger partial charge >= 0.3 is 0 Å². The van der Waals surface area contributed by atoms with Crippen LogP contribution in [0.2, 0.25) is 0 Å². The lowest BCUT2D eigenvalue weighted by atomic mass is 10.3. The van der Waals surface area contributed by atoms with Gasteiger partial charge in [0.25, 0.3) is 5.91 Å². The topological polar surface area (TPSA) is 133 Å². The van der Waals surface area contributed by atoms with Crippen LogP contribution in [-0.2, 0) is 17.1 Å². The Hall–Kier alpha value is -1.61. The largest absolute Gasteiger partial charge is 0.396 e. The van der Waals surface area contributed by atoms with Gasteiger partial charge in [0.2, 0.25) is 10.0 Å². The fourth-order valence-corrected chi connectivity index (χ4v) is 1.84. The van der Waals surface area contributed by atoms with Crippen molar-refractivity contribution in [3.05, 3.63) is 11.9 Å². The molecule has 0 saturated heterocycles. The molecule has 17 heavy (non-hydrogen) atoms. The molecule has 5 N–H and O–H groups in total. The second-order valence-electron chi connectivity index (χ2n) is 3.55. The van der Waals surface area contributed by atoms with Crippen LogP contribution in [0.15, 0.2) is 6.20 Å². The van der Waals surface area contributed by atoms with Gasteiger partial charge in [0.1, 0.15) is 5.69 Å². The smallest absolute Gasteiger partial charge is 0.271 e. The third-order valence-electron chi connectivity index (χ3n) is 2.07. The van der Waals surface area contributed by atoms with E-state index in [0.29, 0.717) is 0 Å². The Bertz CT molecular complexity index is 488. The van der Waals surface area contributed by atoms with Crippen molar-refractivity contribution in [2.45, 2.75) is 6.42 Å². The van der Waals surface area contributed by atoms with Gasteiger partial charge in [-0.25, -0.2) is 13.6 Å². The maximum atomic E-state index is 11.6. The quantitative estimate of drug-likeness (QED) is 0.549. The van der Waals surface area contributed by atoms with Gasteiger partial charge in [-0.15, -0.1) is 0 Å². The SMILES string of the molecule is Cn1ncc(N)c1C(=O)NCCCS(N)(=O)=O. The van der Waals surface area contributed by atoms with Gasteiger partial charge in [0, 0.05) is 13.6 Å². The van der Waals surface area contributed by atoms with E-state index in [0.717, 1.165) is 0 Å². The highest BCUT2D eigenvalue weighted by atomic mass is 32.2. The van der Waals surface area contributed by atoms with Crippen molar-refractivity contribution in [1.82, 2.24) is 15.1 Å². The molecule has 1 heterocycles. The van der Waals surface area contributed by atoms with E-state index in [1.54, 1.807) is 7.05 Å². The number of primary sulfonamides is 1. The van der Waals surface area contributed by atoms with Gasteiger partial charge in [-0.2, -0.15) is 5.10 Å². The second kappa shape index (κ2) is 5.15. The Labute approximate surface area is 99.0 Å². The Morgan fingerprint density at radius 2 is 2.24 bits per heavy atom. The van der Waals surface area contributed by atoms with Gasteiger partial charge in [-0.3, -0.25) is 9.48 Å². The Balaban J connectivity index is 2.46. The zero-order valence-corrected chi connectivity index (χ0v) is 10.2. The fraction of sp³-hybridized carbons (Fsp3) is 0.500. The average Bonchev–Trinajstić information content (AvgIpc) is 2.52. The minimum atomic E-state index is -3.49. The van der Waals surface area contributed by atoms with Crippen molar-refractivity contribution < 1.29 is 13.2 Å². The van der Waals surface area contributed by atoms with Gasteiger partial charge in [-0.1, -0.05) is 0 Å². The molecule has 0 spiro atoms. The molecule has 0 aliphatic carbocycles. The van der Waals surface area contributed by atoms with Crippen molar-refractivity contribution in [3.63, 3.8) is 0 Å². The summed E-state index contributed by atoms with van der Waals surface area (Å²) >= 11 is 0. The zero-order valence-electron chi connectivity index (χ0n) is 9.38. The van der Waals surface area contributed by atoms with Crippen LogP contribution in [0.3, 0.4) is 0 Å². The molecule has 0 atom stereocenters. The number of nitrogens with one attached hydrogen (secondary N) is 1. The average molecular weight is 261 g/mol. The maximum Gasteiger partial charge on any atom is 0.271 e. The molecule has 1 rings (SSSR count). The number of carbonyl (C=O) groups excluding carboxylic acids is 1. The molecule has 8 nitrogen and oxygen atoms in total. The third kappa shape index (κ3) is 4.04. The van der Waals surface area contributed by atoms with Crippen molar-refractivity contribution in [1.29, 1.82) is 0 Å². The number of amides is 1. The molecular weight excluding hydrogens is 246 g/mol. The molecular formula is C8H15N5O3S. The highest BCUT2D eigenvalue weighted by molar-refractivity contribution is 7.89. The number of nitrogens with two attached hydrogens (primary N) is 2. The van der Waals surface area contributed by atoms with Crippen LogP contribution in [0.1, 0.15) is 16.9 Å². The van der Waals surface area contributed by atoms with Crippen LogP contribution >= 0.6 is 0 Å². The van der Waals surface area contributed by atoms with E-state index in [4.69, 9.17) is 10.9 Å². The normalized spacial score (nSPS) is 11.4. The second-order valence-corrected chi connectivity index (χ2v) is 5.28. The molecule has 96 valence electrons. The molecule has 0 bridgehead atoms. The minimum absolute atomic E-state index is 0.172. The minimum Gasteiger partial charge on any atom is -0.396 e. The number of rotatable bonds is 5. The molecule has 0 aromatic carbocycles. The predicted octanol–water partition coefficient (Wildman–Crippen LogP) is -1.59. The van der Waals surface area contributed by atoms with E-state index in [1.807, 2.05) is 0 Å². The van der Waals surface area contributed by atoms with Gasteiger partial charge < -0.3 is 11.1 Å². The van der Waals surface area contributed by atoms with E-state index >= 15 is 0 Å². The zero-order chi connectivity index (χ0) is 13.1. The number of sulfonamides is 1. The number of hydrogen-bond donors (Lipinski definition) is 3. The summed E-state index contributed by atoms with van der Waals surface area (Å²) in [6, 6.07) is 0. The summed E-state index contributed by atoms with van der Waals surface area (Å²) in [5, 5.41) is 11.2. The van der Waals surface area contributed by atoms with Crippen LogP contribution in [0.4, 0.5) is 5.69 Å². The van der Waals surface area contributed by atoms with Crippen molar-refractivity contribution in [3.8, 4) is 0 Å². The Morgan fingerprint density at radius 3 is 2.71 bits per heavy atom. The van der Waals surface area contributed by atoms with Gasteiger partial charge in [-0.05, 0) is 6.42 Å². The lowest BCUT2D eigenvalue weighted by molar-refractivity contribution is 0.0945. The van der Waals surface area contributed by atoms with Gasteiger partial charge in [0.15, 0.2) is 0 Å². The highest BCUT2D eigenvalue weighted by Gasteiger charge is 2.14. The predicted molar refractivity (Wildman–Crippen MR) is 62.5 cm³/mol. The fourth-order valence-electron chi connectivity index (χ4n) is 1.29. The first-order valence-corrected chi connectivity index (χ1v) is 6.59.